The van der Waals surface area contributed by atoms with Crippen molar-refractivity contribution in [2.45, 2.75) is 232 Å². The van der Waals surface area contributed by atoms with Crippen molar-refractivity contribution in [3.8, 4) is 0 Å². The van der Waals surface area contributed by atoms with E-state index in [2.05, 4.69) is 43.0 Å². The summed E-state index contributed by atoms with van der Waals surface area (Å²) >= 11 is 0. The standard InChI is InChI=1S/C40H80N2/c1-4-7-10-13-16-19-21-23-25-28-31-34-37-42-39-38-41(40(42)35-32-29-26-18-15-12-9-6-3)36-33-30-27-24-22-20-17-14-11-8-5-2/h38-40H,4-37H2,1-3H3. The van der Waals surface area contributed by atoms with Gasteiger partial charge in [-0.1, -0.05) is 201 Å². The molecule has 42 heavy (non-hydrogen) atoms. The summed E-state index contributed by atoms with van der Waals surface area (Å²) in [6, 6.07) is 0. The molecule has 2 heteroatoms. The topological polar surface area (TPSA) is 6.48 Å². The van der Waals surface area contributed by atoms with Crippen molar-refractivity contribution in [1.29, 1.82) is 0 Å². The Hall–Kier alpha value is -0.660. The molecular formula is C40H80N2. The summed E-state index contributed by atoms with van der Waals surface area (Å²) in [7, 11) is 0. The van der Waals surface area contributed by atoms with Crippen molar-refractivity contribution >= 4 is 0 Å². The molecule has 0 amide bonds. The fourth-order valence-electron chi connectivity index (χ4n) is 6.89. The summed E-state index contributed by atoms with van der Waals surface area (Å²) < 4.78 is 0. The van der Waals surface area contributed by atoms with Gasteiger partial charge in [0.05, 0.1) is 0 Å². The van der Waals surface area contributed by atoms with Crippen LogP contribution in [-0.2, 0) is 0 Å². The molecule has 1 aliphatic heterocycles. The molecule has 0 aromatic heterocycles. The molecule has 0 saturated carbocycles. The molecule has 2 nitrogen and oxygen atoms in total. The first-order chi connectivity index (χ1) is 20.8. The van der Waals surface area contributed by atoms with Crippen molar-refractivity contribution in [3.05, 3.63) is 12.4 Å². The fourth-order valence-corrected chi connectivity index (χ4v) is 6.89. The van der Waals surface area contributed by atoms with Gasteiger partial charge >= 0.3 is 0 Å². The molecule has 0 bridgehead atoms. The maximum Gasteiger partial charge on any atom is 0.101 e. The van der Waals surface area contributed by atoms with Gasteiger partial charge in [0.15, 0.2) is 0 Å². The van der Waals surface area contributed by atoms with E-state index in [1.807, 2.05) is 0 Å². The Bertz CT molecular complexity index is 544. The number of nitrogens with zero attached hydrogens (tertiary/aromatic N) is 2. The highest BCUT2D eigenvalue weighted by atomic mass is 15.4. The molecule has 0 saturated heterocycles. The molecule has 0 aliphatic carbocycles. The van der Waals surface area contributed by atoms with Gasteiger partial charge < -0.3 is 9.80 Å². The second kappa shape index (κ2) is 31.8. The Balaban J connectivity index is 2.21. The van der Waals surface area contributed by atoms with Crippen molar-refractivity contribution < 1.29 is 0 Å². The first kappa shape index (κ1) is 39.4. The summed E-state index contributed by atoms with van der Waals surface area (Å²) in [6.45, 7) is 9.48. The molecule has 0 spiro atoms. The Morgan fingerprint density at radius 3 is 0.833 bits per heavy atom. The Morgan fingerprint density at radius 2 is 0.548 bits per heavy atom. The molecule has 0 aromatic carbocycles. The van der Waals surface area contributed by atoms with E-state index in [1.54, 1.807) is 0 Å². The SMILES string of the molecule is CCCCCCCCCCCCCCN1C=CN(CCCCCCCCCCCCC)C1CCCCCCCCCC. The van der Waals surface area contributed by atoms with Gasteiger partial charge in [-0.3, -0.25) is 0 Å². The van der Waals surface area contributed by atoms with E-state index in [0.29, 0.717) is 6.17 Å². The molecule has 0 fully saturated rings. The predicted octanol–water partition coefficient (Wildman–Crippen LogP) is 13.9. The van der Waals surface area contributed by atoms with Crippen LogP contribution in [0.2, 0.25) is 0 Å². The van der Waals surface area contributed by atoms with Crippen LogP contribution in [0, 0.1) is 0 Å². The third-order valence-electron chi connectivity index (χ3n) is 9.82. The van der Waals surface area contributed by atoms with Gasteiger partial charge in [-0.15, -0.1) is 0 Å². The number of unbranched alkanes of at least 4 members (excludes halogenated alkanes) is 28. The first-order valence-electron chi connectivity index (χ1n) is 20.0. The zero-order valence-electron chi connectivity index (χ0n) is 29.7. The predicted molar refractivity (Wildman–Crippen MR) is 191 cm³/mol. The lowest BCUT2D eigenvalue weighted by Gasteiger charge is -2.33. The Kier molecular flexibility index (Phi) is 29.8. The Morgan fingerprint density at radius 1 is 0.310 bits per heavy atom. The average Bonchev–Trinajstić information content (AvgIpc) is 3.38. The molecule has 1 rings (SSSR count). The van der Waals surface area contributed by atoms with Crippen LogP contribution in [0.25, 0.3) is 0 Å². The lowest BCUT2D eigenvalue weighted by molar-refractivity contribution is 0.135. The van der Waals surface area contributed by atoms with Crippen LogP contribution in [-0.4, -0.2) is 29.1 Å². The Labute approximate surface area is 267 Å². The van der Waals surface area contributed by atoms with Gasteiger partial charge in [0.1, 0.15) is 6.17 Å². The third-order valence-corrected chi connectivity index (χ3v) is 9.82. The van der Waals surface area contributed by atoms with Gasteiger partial charge in [-0.05, 0) is 25.7 Å². The highest BCUT2D eigenvalue weighted by Gasteiger charge is 2.24. The highest BCUT2D eigenvalue weighted by molar-refractivity contribution is 4.97. The molecular weight excluding hydrogens is 508 g/mol. The van der Waals surface area contributed by atoms with Gasteiger partial charge in [-0.25, -0.2) is 0 Å². The van der Waals surface area contributed by atoms with Crippen LogP contribution in [0.5, 0.6) is 0 Å². The highest BCUT2D eigenvalue weighted by Crippen LogP contribution is 2.24. The van der Waals surface area contributed by atoms with E-state index < -0.39 is 0 Å². The maximum absolute atomic E-state index is 2.72. The molecule has 1 aliphatic rings. The second-order valence-corrected chi connectivity index (χ2v) is 13.9. The van der Waals surface area contributed by atoms with Gasteiger partial charge in [0.25, 0.3) is 0 Å². The summed E-state index contributed by atoms with van der Waals surface area (Å²) in [4.78, 5) is 5.44. The van der Waals surface area contributed by atoms with Gasteiger partial charge in [0, 0.05) is 25.5 Å². The molecule has 1 unspecified atom stereocenters. The summed E-state index contributed by atoms with van der Waals surface area (Å²) in [5.41, 5.74) is 0. The minimum absolute atomic E-state index is 0.640. The van der Waals surface area contributed by atoms with Crippen LogP contribution in [0.1, 0.15) is 226 Å². The van der Waals surface area contributed by atoms with Crippen LogP contribution in [0.3, 0.4) is 0 Å². The maximum atomic E-state index is 2.72. The lowest BCUT2D eigenvalue weighted by Crippen LogP contribution is -2.39. The van der Waals surface area contributed by atoms with E-state index >= 15 is 0 Å². The minimum Gasteiger partial charge on any atom is -0.356 e. The van der Waals surface area contributed by atoms with Crippen molar-refractivity contribution in [2.75, 3.05) is 13.1 Å². The summed E-state index contributed by atoms with van der Waals surface area (Å²) in [6.07, 6.45) is 51.4. The van der Waals surface area contributed by atoms with E-state index in [4.69, 9.17) is 0 Å². The quantitative estimate of drug-likeness (QED) is 0.0690. The number of hydrogen-bond acceptors (Lipinski definition) is 2. The van der Waals surface area contributed by atoms with Crippen LogP contribution in [0.4, 0.5) is 0 Å². The zero-order chi connectivity index (χ0) is 30.2. The number of hydrogen-bond donors (Lipinski definition) is 0. The van der Waals surface area contributed by atoms with Crippen LogP contribution >= 0.6 is 0 Å². The average molecular weight is 589 g/mol. The molecule has 0 aromatic rings. The lowest BCUT2D eigenvalue weighted by atomic mass is 10.0. The smallest absolute Gasteiger partial charge is 0.101 e. The van der Waals surface area contributed by atoms with Crippen LogP contribution in [0.15, 0.2) is 12.4 Å². The monoisotopic (exact) mass is 589 g/mol. The largest absolute Gasteiger partial charge is 0.356 e. The second-order valence-electron chi connectivity index (χ2n) is 13.9. The molecule has 0 N–H and O–H groups in total. The van der Waals surface area contributed by atoms with E-state index in [9.17, 15) is 0 Å². The number of rotatable bonds is 34. The molecule has 250 valence electrons. The summed E-state index contributed by atoms with van der Waals surface area (Å²) in [5.74, 6) is 0. The first-order valence-corrected chi connectivity index (χ1v) is 20.0. The van der Waals surface area contributed by atoms with Crippen molar-refractivity contribution in [1.82, 2.24) is 9.80 Å². The minimum atomic E-state index is 0.640. The zero-order valence-corrected chi connectivity index (χ0v) is 29.7. The molecule has 0 radical (unpaired) electrons. The normalized spacial score (nSPS) is 15.0. The molecule has 1 atom stereocenters. The summed E-state index contributed by atoms with van der Waals surface area (Å²) in [5, 5.41) is 0. The molecule has 1 heterocycles. The fraction of sp³-hybridized carbons (Fsp3) is 0.950. The van der Waals surface area contributed by atoms with Gasteiger partial charge in [0.2, 0.25) is 0 Å². The third kappa shape index (κ3) is 23.8. The van der Waals surface area contributed by atoms with Crippen molar-refractivity contribution in [2.24, 2.45) is 0 Å². The van der Waals surface area contributed by atoms with E-state index in [1.165, 1.54) is 219 Å². The van der Waals surface area contributed by atoms with E-state index in [0.717, 1.165) is 0 Å². The van der Waals surface area contributed by atoms with E-state index in [-0.39, 0.29) is 0 Å². The van der Waals surface area contributed by atoms with Gasteiger partial charge in [-0.2, -0.15) is 0 Å². The van der Waals surface area contributed by atoms with Crippen molar-refractivity contribution in [3.63, 3.8) is 0 Å². The van der Waals surface area contributed by atoms with Crippen LogP contribution < -0.4 is 0 Å².